The van der Waals surface area contributed by atoms with Crippen LogP contribution in [0.3, 0.4) is 0 Å². The van der Waals surface area contributed by atoms with E-state index >= 15 is 0 Å². The number of benzene rings is 2. The van der Waals surface area contributed by atoms with E-state index in [0.717, 1.165) is 16.8 Å². The van der Waals surface area contributed by atoms with E-state index in [-0.39, 0.29) is 0 Å². The van der Waals surface area contributed by atoms with E-state index < -0.39 is 0 Å². The molecule has 0 aliphatic carbocycles. The van der Waals surface area contributed by atoms with Gasteiger partial charge in [0.2, 0.25) is 5.75 Å². The monoisotopic (exact) mass is 380 g/mol. The van der Waals surface area contributed by atoms with E-state index in [9.17, 15) is 0 Å². The topological polar surface area (TPSA) is 51.8 Å². The molecule has 0 radical (unpaired) electrons. The predicted molar refractivity (Wildman–Crippen MR) is 105 cm³/mol. The van der Waals surface area contributed by atoms with Crippen molar-refractivity contribution in [1.29, 1.82) is 0 Å². The van der Waals surface area contributed by atoms with Gasteiger partial charge in [-0.1, -0.05) is 17.7 Å². The summed E-state index contributed by atoms with van der Waals surface area (Å²) in [6, 6.07) is 9.45. The van der Waals surface area contributed by atoms with Crippen molar-refractivity contribution in [3.8, 4) is 17.2 Å². The summed E-state index contributed by atoms with van der Waals surface area (Å²) in [4.78, 5) is 0. The minimum Gasteiger partial charge on any atom is -0.493 e. The fourth-order valence-electron chi connectivity index (χ4n) is 2.27. The largest absolute Gasteiger partial charge is 0.493 e. The quantitative estimate of drug-likeness (QED) is 0.734. The Balaban J connectivity index is 2.04. The molecule has 0 aromatic heterocycles. The van der Waals surface area contributed by atoms with Gasteiger partial charge in [0, 0.05) is 17.3 Å². The van der Waals surface area contributed by atoms with Crippen LogP contribution in [0, 0.1) is 6.92 Å². The van der Waals surface area contributed by atoms with Crippen LogP contribution in [0.4, 0.5) is 5.69 Å². The number of anilines is 1. The number of hydrogen-bond donors (Lipinski definition) is 2. The number of methoxy groups -OCH3 is 3. The maximum Gasteiger partial charge on any atom is 0.203 e. The second-order valence-corrected chi connectivity index (χ2v) is 6.12. The fourth-order valence-corrected chi connectivity index (χ4v) is 2.64. The second kappa shape index (κ2) is 8.78. The molecule has 0 amide bonds. The van der Waals surface area contributed by atoms with E-state index in [1.807, 2.05) is 37.3 Å². The van der Waals surface area contributed by atoms with Gasteiger partial charge < -0.3 is 24.8 Å². The first-order valence-corrected chi connectivity index (χ1v) is 8.37. The summed E-state index contributed by atoms with van der Waals surface area (Å²) in [7, 11) is 4.74. The molecule has 0 fully saturated rings. The Morgan fingerprint density at radius 1 is 1.04 bits per heavy atom. The minimum absolute atomic E-state index is 0.494. The Kier molecular flexibility index (Phi) is 6.73. The molecule has 2 rings (SSSR count). The van der Waals surface area contributed by atoms with Crippen molar-refractivity contribution in [2.75, 3.05) is 26.6 Å². The first-order valence-electron chi connectivity index (χ1n) is 7.58. The third-order valence-corrected chi connectivity index (χ3v) is 4.26. The van der Waals surface area contributed by atoms with E-state index in [1.54, 1.807) is 21.3 Å². The van der Waals surface area contributed by atoms with Crippen LogP contribution in [-0.2, 0) is 6.54 Å². The van der Waals surface area contributed by atoms with Gasteiger partial charge in [0.25, 0.3) is 0 Å². The van der Waals surface area contributed by atoms with Gasteiger partial charge in [-0.2, -0.15) is 0 Å². The molecule has 2 aromatic rings. The summed E-state index contributed by atoms with van der Waals surface area (Å²) in [6.45, 7) is 2.45. The van der Waals surface area contributed by atoms with E-state index in [1.165, 1.54) is 0 Å². The summed E-state index contributed by atoms with van der Waals surface area (Å²) >= 11 is 11.5. The van der Waals surface area contributed by atoms with Gasteiger partial charge in [-0.15, -0.1) is 0 Å². The van der Waals surface area contributed by atoms with E-state index in [2.05, 4.69) is 10.6 Å². The number of halogens is 1. The van der Waals surface area contributed by atoms with E-state index in [0.29, 0.717) is 33.9 Å². The lowest BCUT2D eigenvalue weighted by atomic mass is 10.2. The molecule has 0 heterocycles. The van der Waals surface area contributed by atoms with Crippen molar-refractivity contribution in [1.82, 2.24) is 5.32 Å². The van der Waals surface area contributed by atoms with Gasteiger partial charge in [0.15, 0.2) is 16.6 Å². The minimum atomic E-state index is 0.494. The van der Waals surface area contributed by atoms with Crippen LogP contribution in [0.2, 0.25) is 5.02 Å². The zero-order valence-electron chi connectivity index (χ0n) is 14.6. The molecule has 5 nitrogen and oxygen atoms in total. The summed E-state index contributed by atoms with van der Waals surface area (Å²) < 4.78 is 16.0. The normalized spacial score (nSPS) is 10.1. The highest BCUT2D eigenvalue weighted by atomic mass is 35.5. The van der Waals surface area contributed by atoms with Crippen molar-refractivity contribution >= 4 is 34.6 Å². The Morgan fingerprint density at radius 2 is 1.68 bits per heavy atom. The molecule has 134 valence electrons. The first kappa shape index (κ1) is 19.1. The molecule has 0 unspecified atom stereocenters. The number of aryl methyl sites for hydroxylation is 1. The van der Waals surface area contributed by atoms with Gasteiger partial charge >= 0.3 is 0 Å². The highest BCUT2D eigenvalue weighted by Gasteiger charge is 2.13. The molecule has 2 N–H and O–H groups in total. The summed E-state index contributed by atoms with van der Waals surface area (Å²) in [5, 5.41) is 7.44. The Hall–Kier alpha value is -2.18. The molecule has 25 heavy (non-hydrogen) atoms. The molecular weight excluding hydrogens is 360 g/mol. The number of thiocarbonyl (C=S) groups is 1. The highest BCUT2D eigenvalue weighted by Crippen LogP contribution is 2.38. The Morgan fingerprint density at radius 3 is 2.20 bits per heavy atom. The molecule has 0 aliphatic heterocycles. The SMILES string of the molecule is COc1cc(CNC(=S)Nc2ccc(C)c(Cl)c2)cc(OC)c1OC. The standard InChI is InChI=1S/C18H21ClN2O3S/c1-11-5-6-13(9-14(11)19)21-18(25)20-10-12-7-15(22-2)17(24-4)16(8-12)23-3/h5-9H,10H2,1-4H3,(H2,20,21,25). The van der Waals surface area contributed by atoms with Crippen molar-refractivity contribution in [3.05, 3.63) is 46.5 Å². The van der Waals surface area contributed by atoms with Gasteiger partial charge in [0.05, 0.1) is 21.3 Å². The third kappa shape index (κ3) is 4.90. The number of hydrogen-bond acceptors (Lipinski definition) is 4. The van der Waals surface area contributed by atoms with Gasteiger partial charge in [0.1, 0.15) is 0 Å². The number of nitrogens with one attached hydrogen (secondary N) is 2. The molecular formula is C18H21ClN2O3S. The van der Waals surface area contributed by atoms with Crippen molar-refractivity contribution in [2.24, 2.45) is 0 Å². The number of rotatable bonds is 6. The van der Waals surface area contributed by atoms with Gasteiger partial charge in [-0.05, 0) is 54.5 Å². The second-order valence-electron chi connectivity index (χ2n) is 5.31. The molecule has 0 spiro atoms. The molecule has 2 aromatic carbocycles. The lowest BCUT2D eigenvalue weighted by Crippen LogP contribution is -2.27. The lowest BCUT2D eigenvalue weighted by molar-refractivity contribution is 0.323. The summed E-state index contributed by atoms with van der Waals surface area (Å²) in [5.74, 6) is 1.76. The van der Waals surface area contributed by atoms with Crippen LogP contribution in [0.25, 0.3) is 0 Å². The Bertz CT molecular complexity index is 743. The summed E-state index contributed by atoms with van der Waals surface area (Å²) in [6.07, 6.45) is 0. The molecule has 0 bridgehead atoms. The van der Waals surface area contributed by atoms with Crippen LogP contribution in [-0.4, -0.2) is 26.4 Å². The molecule has 0 saturated heterocycles. The molecule has 0 atom stereocenters. The van der Waals surface area contributed by atoms with E-state index in [4.69, 9.17) is 38.0 Å². The van der Waals surface area contributed by atoms with Crippen LogP contribution >= 0.6 is 23.8 Å². The highest BCUT2D eigenvalue weighted by molar-refractivity contribution is 7.80. The van der Waals surface area contributed by atoms with Crippen LogP contribution in [0.1, 0.15) is 11.1 Å². The third-order valence-electron chi connectivity index (χ3n) is 3.61. The molecule has 0 aliphatic rings. The Labute approximate surface area is 158 Å². The van der Waals surface area contributed by atoms with Crippen molar-refractivity contribution in [3.63, 3.8) is 0 Å². The zero-order chi connectivity index (χ0) is 18.4. The van der Waals surface area contributed by atoms with Crippen LogP contribution in [0.5, 0.6) is 17.2 Å². The predicted octanol–water partition coefficient (Wildman–Crippen LogP) is 4.16. The molecule has 0 saturated carbocycles. The zero-order valence-corrected chi connectivity index (χ0v) is 16.2. The number of ether oxygens (including phenoxy) is 3. The average molecular weight is 381 g/mol. The fraction of sp³-hybridized carbons (Fsp3) is 0.278. The maximum absolute atomic E-state index is 6.12. The summed E-state index contributed by atoms with van der Waals surface area (Å²) in [5.41, 5.74) is 2.79. The average Bonchev–Trinajstić information content (AvgIpc) is 2.62. The lowest BCUT2D eigenvalue weighted by Gasteiger charge is -2.15. The van der Waals surface area contributed by atoms with Gasteiger partial charge in [-0.3, -0.25) is 0 Å². The van der Waals surface area contributed by atoms with Gasteiger partial charge in [-0.25, -0.2) is 0 Å². The first-order chi connectivity index (χ1) is 12.0. The van der Waals surface area contributed by atoms with Crippen LogP contribution in [0.15, 0.2) is 30.3 Å². The van der Waals surface area contributed by atoms with Crippen molar-refractivity contribution < 1.29 is 14.2 Å². The maximum atomic E-state index is 6.12. The van der Waals surface area contributed by atoms with Crippen LogP contribution < -0.4 is 24.8 Å². The van der Waals surface area contributed by atoms with Crippen molar-refractivity contribution in [2.45, 2.75) is 13.5 Å². The molecule has 7 heteroatoms. The smallest absolute Gasteiger partial charge is 0.203 e.